The molecular weight excluding hydrogens is 152 g/mol. The molecule has 1 aliphatic heterocycles. The van der Waals surface area contributed by atoms with Gasteiger partial charge in [-0.3, -0.25) is 0 Å². The zero-order chi connectivity index (χ0) is 9.98. The largest absolute Gasteiger partial charge is 0.400 e. The van der Waals surface area contributed by atoms with Gasteiger partial charge in [-0.15, -0.1) is 0 Å². The van der Waals surface area contributed by atoms with Gasteiger partial charge < -0.3 is 9.84 Å². The van der Waals surface area contributed by atoms with Crippen LogP contribution in [0.5, 0.6) is 0 Å². The molecule has 2 heteroatoms. The normalized spacial score (nSPS) is 27.5. The third-order valence-electron chi connectivity index (χ3n) is 1.69. The predicted molar refractivity (Wildman–Crippen MR) is 53.4 cm³/mol. The van der Waals surface area contributed by atoms with Crippen molar-refractivity contribution in [2.45, 2.75) is 59.2 Å². The lowest BCUT2D eigenvalue weighted by Gasteiger charge is -2.24. The Labute approximate surface area is 76.9 Å². The van der Waals surface area contributed by atoms with Crippen molar-refractivity contribution in [2.75, 3.05) is 7.11 Å². The number of aliphatic hydroxyl groups is 1. The number of ether oxygens (including phenoxy) is 1. The van der Waals surface area contributed by atoms with Crippen LogP contribution in [0, 0.1) is 0 Å². The summed E-state index contributed by atoms with van der Waals surface area (Å²) in [7, 11) is 1.00. The Morgan fingerprint density at radius 1 is 1.00 bits per heavy atom. The van der Waals surface area contributed by atoms with E-state index in [4.69, 9.17) is 9.84 Å². The fraction of sp³-hybridized carbons (Fsp3) is 1.00. The summed E-state index contributed by atoms with van der Waals surface area (Å²) in [6.07, 6.45) is 4.88. The van der Waals surface area contributed by atoms with E-state index >= 15 is 0 Å². The molecule has 0 aromatic heterocycles. The summed E-state index contributed by atoms with van der Waals surface area (Å²) in [5.74, 6) is 0. The molecule has 0 spiro atoms. The van der Waals surface area contributed by atoms with E-state index in [2.05, 4.69) is 13.8 Å². The molecular formula is C10H24O2. The molecule has 0 bridgehead atoms. The first-order valence-electron chi connectivity index (χ1n) is 4.89. The number of rotatable bonds is 0. The molecule has 76 valence electrons. The lowest BCUT2D eigenvalue weighted by atomic mass is 10.1. The van der Waals surface area contributed by atoms with Gasteiger partial charge in [0.2, 0.25) is 0 Å². The predicted octanol–water partition coefficient (Wildman–Crippen LogP) is 2.60. The first-order valence-corrected chi connectivity index (χ1v) is 4.89. The summed E-state index contributed by atoms with van der Waals surface area (Å²) in [4.78, 5) is 0. The van der Waals surface area contributed by atoms with Crippen molar-refractivity contribution in [3.05, 3.63) is 0 Å². The minimum atomic E-state index is 0.513. The molecule has 1 heterocycles. The molecule has 0 aliphatic carbocycles. The highest BCUT2D eigenvalue weighted by Gasteiger charge is 2.13. The van der Waals surface area contributed by atoms with Crippen LogP contribution >= 0.6 is 0 Å². The Kier molecular flexibility index (Phi) is 13.1. The molecule has 2 nitrogen and oxygen atoms in total. The van der Waals surface area contributed by atoms with Gasteiger partial charge >= 0.3 is 0 Å². The fourth-order valence-electron chi connectivity index (χ4n) is 1.23. The van der Waals surface area contributed by atoms with Gasteiger partial charge in [0.1, 0.15) is 0 Å². The molecule has 1 saturated heterocycles. The maximum absolute atomic E-state index is 7.00. The van der Waals surface area contributed by atoms with E-state index in [1.807, 2.05) is 13.8 Å². The van der Waals surface area contributed by atoms with Crippen molar-refractivity contribution in [3.63, 3.8) is 0 Å². The first-order chi connectivity index (χ1) is 5.79. The minimum Gasteiger partial charge on any atom is -0.400 e. The summed E-state index contributed by atoms with van der Waals surface area (Å²) in [5.41, 5.74) is 0. The highest BCUT2D eigenvalue weighted by Crippen LogP contribution is 2.17. The number of hydrogen-bond acceptors (Lipinski definition) is 2. The van der Waals surface area contributed by atoms with Crippen molar-refractivity contribution < 1.29 is 9.84 Å². The first kappa shape index (κ1) is 14.4. The standard InChI is InChI=1S/C7H14O.C2H6.CH4O/c1-6-4-3-5-7(2)8-6;2*1-2/h6-7H,3-5H2,1-2H3;1-2H3;2H,1H3. The average Bonchev–Trinajstić information content (AvgIpc) is 2.11. The third-order valence-corrected chi connectivity index (χ3v) is 1.69. The van der Waals surface area contributed by atoms with Crippen LogP contribution in [0.4, 0.5) is 0 Å². The molecule has 0 saturated carbocycles. The average molecular weight is 176 g/mol. The van der Waals surface area contributed by atoms with E-state index < -0.39 is 0 Å². The molecule has 0 amide bonds. The van der Waals surface area contributed by atoms with Crippen molar-refractivity contribution in [1.29, 1.82) is 0 Å². The molecule has 0 radical (unpaired) electrons. The molecule has 0 aromatic carbocycles. The van der Waals surface area contributed by atoms with Crippen molar-refractivity contribution in [2.24, 2.45) is 0 Å². The van der Waals surface area contributed by atoms with Gasteiger partial charge in [0.05, 0.1) is 12.2 Å². The zero-order valence-electron chi connectivity index (χ0n) is 9.13. The number of hydrogen-bond donors (Lipinski definition) is 1. The van der Waals surface area contributed by atoms with Gasteiger partial charge in [-0.25, -0.2) is 0 Å². The smallest absolute Gasteiger partial charge is 0.0550 e. The van der Waals surface area contributed by atoms with Crippen LogP contribution in [0.2, 0.25) is 0 Å². The Morgan fingerprint density at radius 2 is 1.33 bits per heavy atom. The lowest BCUT2D eigenvalue weighted by Crippen LogP contribution is -2.22. The molecule has 12 heavy (non-hydrogen) atoms. The van der Waals surface area contributed by atoms with E-state index in [0.717, 1.165) is 7.11 Å². The summed E-state index contributed by atoms with van der Waals surface area (Å²) < 4.78 is 5.49. The van der Waals surface area contributed by atoms with Gasteiger partial charge in [0, 0.05) is 7.11 Å². The van der Waals surface area contributed by atoms with E-state index in [1.165, 1.54) is 19.3 Å². The SMILES string of the molecule is CC.CC1CCCC(C)O1.CO. The quantitative estimate of drug-likeness (QED) is 0.614. The van der Waals surface area contributed by atoms with Crippen molar-refractivity contribution in [3.8, 4) is 0 Å². The highest BCUT2D eigenvalue weighted by atomic mass is 16.5. The maximum Gasteiger partial charge on any atom is 0.0550 e. The van der Waals surface area contributed by atoms with Gasteiger partial charge in [0.25, 0.3) is 0 Å². The molecule has 2 atom stereocenters. The van der Waals surface area contributed by atoms with Crippen LogP contribution in [-0.2, 0) is 4.74 Å². The van der Waals surface area contributed by atoms with Gasteiger partial charge in [0.15, 0.2) is 0 Å². The van der Waals surface area contributed by atoms with Crippen LogP contribution in [-0.4, -0.2) is 24.4 Å². The summed E-state index contributed by atoms with van der Waals surface area (Å²) >= 11 is 0. The molecule has 1 fully saturated rings. The van der Waals surface area contributed by atoms with E-state index in [0.29, 0.717) is 12.2 Å². The Balaban J connectivity index is 0. The van der Waals surface area contributed by atoms with E-state index in [-0.39, 0.29) is 0 Å². The van der Waals surface area contributed by atoms with Gasteiger partial charge in [-0.05, 0) is 33.1 Å². The summed E-state index contributed by atoms with van der Waals surface area (Å²) in [6.45, 7) is 8.30. The van der Waals surface area contributed by atoms with Crippen LogP contribution in [0.3, 0.4) is 0 Å². The molecule has 2 unspecified atom stereocenters. The van der Waals surface area contributed by atoms with Crippen molar-refractivity contribution >= 4 is 0 Å². The van der Waals surface area contributed by atoms with Gasteiger partial charge in [-0.2, -0.15) is 0 Å². The summed E-state index contributed by atoms with van der Waals surface area (Å²) in [5, 5.41) is 7.00. The maximum atomic E-state index is 7.00. The molecule has 1 N–H and O–H groups in total. The summed E-state index contributed by atoms with van der Waals surface area (Å²) in [6, 6.07) is 0. The topological polar surface area (TPSA) is 29.5 Å². The van der Waals surface area contributed by atoms with Crippen LogP contribution in [0.25, 0.3) is 0 Å². The van der Waals surface area contributed by atoms with Gasteiger partial charge in [-0.1, -0.05) is 13.8 Å². The van der Waals surface area contributed by atoms with Crippen LogP contribution in [0.1, 0.15) is 47.0 Å². The van der Waals surface area contributed by atoms with Crippen LogP contribution in [0.15, 0.2) is 0 Å². The lowest BCUT2D eigenvalue weighted by molar-refractivity contribution is -0.0292. The Hall–Kier alpha value is -0.0800. The van der Waals surface area contributed by atoms with Crippen LogP contribution < -0.4 is 0 Å². The number of aliphatic hydroxyl groups excluding tert-OH is 1. The zero-order valence-corrected chi connectivity index (χ0v) is 9.13. The highest BCUT2D eigenvalue weighted by molar-refractivity contribution is 4.63. The van der Waals surface area contributed by atoms with E-state index in [1.54, 1.807) is 0 Å². The monoisotopic (exact) mass is 176 g/mol. The third kappa shape index (κ3) is 8.02. The second kappa shape index (κ2) is 10.9. The molecule has 1 aliphatic rings. The van der Waals surface area contributed by atoms with Crippen molar-refractivity contribution in [1.82, 2.24) is 0 Å². The fourth-order valence-corrected chi connectivity index (χ4v) is 1.23. The minimum absolute atomic E-state index is 0.513. The second-order valence-corrected chi connectivity index (χ2v) is 2.69. The molecule has 1 rings (SSSR count). The van der Waals surface area contributed by atoms with E-state index in [9.17, 15) is 0 Å². The molecule has 0 aromatic rings. The Morgan fingerprint density at radius 3 is 1.50 bits per heavy atom. The Bertz CT molecular complexity index is 66.2. The second-order valence-electron chi connectivity index (χ2n) is 2.69.